The number of piperidine rings is 1. The number of hydrogen-bond donors (Lipinski definition) is 2. The molecule has 0 spiro atoms. The first-order chi connectivity index (χ1) is 22.5. The molecule has 2 aliphatic rings. The summed E-state index contributed by atoms with van der Waals surface area (Å²) in [6.45, 7) is 2.90. The largest absolute Gasteiger partial charge is 0.383 e. The van der Waals surface area contributed by atoms with Crippen molar-refractivity contribution in [3.63, 3.8) is 0 Å². The predicted octanol–water partition coefficient (Wildman–Crippen LogP) is 4.00. The molecule has 3 aromatic heterocycles. The summed E-state index contributed by atoms with van der Waals surface area (Å²) in [5.41, 5.74) is 19.8. The Labute approximate surface area is 279 Å². The molecular weight excluding hydrogens is 581 g/mol. The van der Waals surface area contributed by atoms with Gasteiger partial charge < -0.3 is 21.3 Å². The van der Waals surface area contributed by atoms with Crippen LogP contribution >= 0.6 is 0 Å². The molecule has 9 nitrogen and oxygen atoms in total. The van der Waals surface area contributed by atoms with Crippen molar-refractivity contribution in [2.75, 3.05) is 23.7 Å². The third-order valence-electron chi connectivity index (χ3n) is 9.62. The van der Waals surface area contributed by atoms with Gasteiger partial charge in [-0.2, -0.15) is 0 Å². The van der Waals surface area contributed by atoms with Crippen LogP contribution in [0.5, 0.6) is 0 Å². The fourth-order valence-electron chi connectivity index (χ4n) is 7.03. The Morgan fingerprint density at radius 2 is 1.70 bits per heavy atom. The van der Waals surface area contributed by atoms with Gasteiger partial charge in [-0.15, -0.1) is 0 Å². The van der Waals surface area contributed by atoms with E-state index in [-0.39, 0.29) is 17.5 Å². The van der Waals surface area contributed by atoms with Crippen LogP contribution in [0.2, 0.25) is 0 Å². The Bertz CT molecular complexity index is 1940. The zero-order valence-corrected chi connectivity index (χ0v) is 26.5. The van der Waals surface area contributed by atoms with E-state index in [2.05, 4.69) is 52.3 Å². The number of aromatic nitrogens is 4. The maximum atomic E-state index is 12.3. The molecule has 0 atom stereocenters. The van der Waals surface area contributed by atoms with E-state index in [0.29, 0.717) is 30.1 Å². The van der Waals surface area contributed by atoms with Gasteiger partial charge in [0.25, 0.3) is 0 Å². The molecule has 0 unspecified atom stereocenters. The van der Waals surface area contributed by atoms with Crippen molar-refractivity contribution < 1.29 is 4.79 Å². The van der Waals surface area contributed by atoms with Gasteiger partial charge in [-0.1, -0.05) is 29.5 Å². The van der Waals surface area contributed by atoms with E-state index in [9.17, 15) is 4.79 Å². The first-order valence-electron chi connectivity index (χ1n) is 16.0. The second-order valence-corrected chi connectivity index (χ2v) is 12.8. The SMILES string of the molecule is [B]C([B])([B])N(C(C)=O)C1CCN(c2cccc(-c3ccc4nc(-c5cccnc5N)n(-c5ccc(C6(N)CCC6)cc5)c4n3)c2)CC1. The predicted molar refractivity (Wildman–Crippen MR) is 189 cm³/mol. The number of imidazole rings is 1. The summed E-state index contributed by atoms with van der Waals surface area (Å²) in [6, 6.07) is 24.3. The van der Waals surface area contributed by atoms with Crippen molar-refractivity contribution in [2.24, 2.45) is 5.73 Å². The highest BCUT2D eigenvalue weighted by Gasteiger charge is 2.34. The van der Waals surface area contributed by atoms with Gasteiger partial charge in [-0.3, -0.25) is 9.36 Å². The number of amides is 1. The molecule has 7 rings (SSSR count). The number of fused-ring (bicyclic) bond motifs is 1. The Balaban J connectivity index is 1.23. The van der Waals surface area contributed by atoms with Crippen LogP contribution in [0.4, 0.5) is 11.5 Å². The van der Waals surface area contributed by atoms with Gasteiger partial charge in [0.1, 0.15) is 11.3 Å². The average Bonchev–Trinajstić information content (AvgIpc) is 3.42. The van der Waals surface area contributed by atoms with Crippen molar-refractivity contribution in [1.29, 1.82) is 0 Å². The second-order valence-electron chi connectivity index (χ2n) is 12.8. The maximum absolute atomic E-state index is 12.3. The molecule has 2 fully saturated rings. The quantitative estimate of drug-likeness (QED) is 0.266. The minimum atomic E-state index is -1.69. The molecule has 47 heavy (non-hydrogen) atoms. The van der Waals surface area contributed by atoms with Crippen molar-refractivity contribution in [3.8, 4) is 28.3 Å². The summed E-state index contributed by atoms with van der Waals surface area (Å²) in [5, 5.41) is -1.69. The fraction of sp³-hybridized carbons (Fsp3) is 0.314. The number of nitrogen functional groups attached to an aromatic ring is 1. The smallest absolute Gasteiger partial charge is 0.218 e. The van der Waals surface area contributed by atoms with E-state index in [1.807, 2.05) is 34.9 Å². The van der Waals surface area contributed by atoms with Crippen molar-refractivity contribution in [3.05, 3.63) is 84.6 Å². The van der Waals surface area contributed by atoms with Gasteiger partial charge in [0.05, 0.1) is 34.8 Å². The van der Waals surface area contributed by atoms with Crippen LogP contribution in [-0.2, 0) is 10.3 Å². The number of carbonyl (C=O) groups excluding carboxylic acids is 1. The van der Waals surface area contributed by atoms with E-state index in [0.717, 1.165) is 71.6 Å². The lowest BCUT2D eigenvalue weighted by Gasteiger charge is -2.46. The fourth-order valence-corrected chi connectivity index (χ4v) is 7.03. The van der Waals surface area contributed by atoms with Gasteiger partial charge >= 0.3 is 0 Å². The number of hydrogen-bond acceptors (Lipinski definition) is 7. The highest BCUT2D eigenvalue weighted by atomic mass is 16.2. The lowest BCUT2D eigenvalue weighted by atomic mass is 9.48. The molecule has 12 heteroatoms. The first-order valence-corrected chi connectivity index (χ1v) is 16.0. The lowest BCUT2D eigenvalue weighted by molar-refractivity contribution is -0.132. The Morgan fingerprint density at radius 1 is 0.957 bits per heavy atom. The monoisotopic (exact) mass is 616 g/mol. The number of anilines is 2. The minimum absolute atomic E-state index is 0.127. The van der Waals surface area contributed by atoms with Crippen LogP contribution in [0.1, 0.15) is 44.6 Å². The number of carbonyl (C=O) groups is 1. The third kappa shape index (κ3) is 5.80. The molecule has 6 radical (unpaired) electrons. The van der Waals surface area contributed by atoms with E-state index in [1.165, 1.54) is 11.8 Å². The molecule has 1 saturated carbocycles. The number of rotatable bonds is 7. The molecule has 1 saturated heterocycles. The molecule has 230 valence electrons. The standard InChI is InChI=1S/C35H35B3N8O/c1-22(47)46(35(36,37)38)26-14-19-44(20-15-26)27-6-2-5-23(21-27)29-12-13-30-33(42-29)45(32(43-30)28-7-3-18-41-31(28)39)25-10-8-24(9-11-25)34(40)16-4-17-34/h2-3,5-13,18,21,26H,4,14-17,19-20,40H2,1H3,(H2,39,41). The lowest BCUT2D eigenvalue weighted by Crippen LogP contribution is -2.59. The normalized spacial score (nSPS) is 16.6. The zero-order chi connectivity index (χ0) is 32.9. The van der Waals surface area contributed by atoms with Gasteiger partial charge in [-0.05, 0) is 86.2 Å². The Hall–Kier alpha value is -4.57. The Kier molecular flexibility index (Phi) is 7.87. The summed E-state index contributed by atoms with van der Waals surface area (Å²) in [5.74, 6) is 0.835. The van der Waals surface area contributed by atoms with Crippen LogP contribution in [0.3, 0.4) is 0 Å². The molecule has 2 aromatic carbocycles. The molecular formula is C35H35B3N8O. The van der Waals surface area contributed by atoms with Gasteiger partial charge in [0.2, 0.25) is 5.91 Å². The maximum Gasteiger partial charge on any atom is 0.218 e. The second kappa shape index (κ2) is 11.9. The van der Waals surface area contributed by atoms with Gasteiger partial charge in [0, 0.05) is 54.7 Å². The number of nitrogens with two attached hydrogens (primary N) is 2. The topological polar surface area (TPSA) is 119 Å². The van der Waals surface area contributed by atoms with E-state index in [4.69, 9.17) is 45.0 Å². The summed E-state index contributed by atoms with van der Waals surface area (Å²) < 4.78 is 2.04. The van der Waals surface area contributed by atoms with E-state index < -0.39 is 5.24 Å². The number of pyridine rings is 2. The molecule has 5 aromatic rings. The Morgan fingerprint density at radius 3 is 2.34 bits per heavy atom. The van der Waals surface area contributed by atoms with Crippen LogP contribution in [0.25, 0.3) is 39.5 Å². The number of nitrogens with zero attached hydrogens (tertiary/aromatic N) is 6. The van der Waals surface area contributed by atoms with E-state index >= 15 is 0 Å². The molecule has 1 aliphatic heterocycles. The van der Waals surface area contributed by atoms with Crippen molar-refractivity contribution in [1.82, 2.24) is 24.4 Å². The minimum Gasteiger partial charge on any atom is -0.383 e. The third-order valence-corrected chi connectivity index (χ3v) is 9.62. The number of benzene rings is 2. The van der Waals surface area contributed by atoms with Crippen LogP contribution < -0.4 is 16.4 Å². The zero-order valence-electron chi connectivity index (χ0n) is 26.5. The summed E-state index contributed by atoms with van der Waals surface area (Å²) in [6.07, 6.45) is 6.21. The van der Waals surface area contributed by atoms with E-state index in [1.54, 1.807) is 6.20 Å². The molecule has 1 amide bonds. The van der Waals surface area contributed by atoms with Crippen molar-refractivity contribution in [2.45, 2.75) is 55.8 Å². The average molecular weight is 616 g/mol. The van der Waals surface area contributed by atoms with Crippen LogP contribution in [0.15, 0.2) is 79.0 Å². The molecule has 0 bridgehead atoms. The summed E-state index contributed by atoms with van der Waals surface area (Å²) >= 11 is 0. The van der Waals surface area contributed by atoms with Crippen molar-refractivity contribution >= 4 is 52.1 Å². The summed E-state index contributed by atoms with van der Waals surface area (Å²) in [7, 11) is 17.8. The van der Waals surface area contributed by atoms with Gasteiger partial charge in [0.15, 0.2) is 11.5 Å². The first kappa shape index (κ1) is 31.1. The molecule has 1 aliphatic carbocycles. The summed E-state index contributed by atoms with van der Waals surface area (Å²) in [4.78, 5) is 30.4. The highest BCUT2D eigenvalue weighted by Crippen LogP contribution is 2.39. The molecule has 4 N–H and O–H groups in total. The van der Waals surface area contributed by atoms with Crippen LogP contribution in [-0.4, -0.2) is 78.2 Å². The molecule has 4 heterocycles. The highest BCUT2D eigenvalue weighted by molar-refractivity contribution is 6.59. The van der Waals surface area contributed by atoms with Crippen LogP contribution in [0, 0.1) is 0 Å². The van der Waals surface area contributed by atoms with Gasteiger partial charge in [-0.25, -0.2) is 15.0 Å².